The summed E-state index contributed by atoms with van der Waals surface area (Å²) < 4.78 is 0.783. The molecular formula is C11H17BrClN3O. The minimum atomic E-state index is -0.815. The van der Waals surface area contributed by atoms with E-state index in [0.717, 1.165) is 4.47 Å². The van der Waals surface area contributed by atoms with E-state index in [2.05, 4.69) is 26.2 Å². The smallest absolute Gasteiger partial charge is 0.140 e. The van der Waals surface area contributed by atoms with E-state index in [-0.39, 0.29) is 0 Å². The Balaban J connectivity index is 2.61. The van der Waals surface area contributed by atoms with Crippen molar-refractivity contribution in [3.63, 3.8) is 0 Å². The van der Waals surface area contributed by atoms with Crippen molar-refractivity contribution in [2.75, 3.05) is 32.5 Å². The molecule has 1 aromatic rings. The third-order valence-corrected chi connectivity index (χ3v) is 2.91. The van der Waals surface area contributed by atoms with Gasteiger partial charge < -0.3 is 15.3 Å². The van der Waals surface area contributed by atoms with Crippen LogP contribution < -0.4 is 5.32 Å². The highest BCUT2D eigenvalue weighted by molar-refractivity contribution is 9.10. The molecule has 0 aliphatic heterocycles. The maximum Gasteiger partial charge on any atom is 0.140 e. The average molecular weight is 323 g/mol. The number of nitrogens with zero attached hydrogens (tertiary/aromatic N) is 2. The van der Waals surface area contributed by atoms with Gasteiger partial charge >= 0.3 is 0 Å². The predicted octanol–water partition coefficient (Wildman–Crippen LogP) is 2.22. The first-order valence-corrected chi connectivity index (χ1v) is 6.39. The fourth-order valence-electron chi connectivity index (χ4n) is 1.56. The Hall–Kier alpha value is -0.360. The second kappa shape index (κ2) is 6.00. The van der Waals surface area contributed by atoms with E-state index in [0.29, 0.717) is 23.9 Å². The molecule has 1 rings (SSSR count). The third kappa shape index (κ3) is 5.21. The fourth-order valence-corrected chi connectivity index (χ4v) is 2.33. The van der Waals surface area contributed by atoms with Crippen LogP contribution in [-0.2, 0) is 0 Å². The molecule has 0 amide bonds. The molecule has 6 heteroatoms. The zero-order chi connectivity index (χ0) is 13.1. The fraction of sp³-hybridized carbons (Fsp3) is 0.545. The van der Waals surface area contributed by atoms with Gasteiger partial charge in [0.2, 0.25) is 0 Å². The highest BCUT2D eigenvalue weighted by Gasteiger charge is 2.21. The molecule has 0 aliphatic carbocycles. The lowest BCUT2D eigenvalue weighted by Gasteiger charge is -2.27. The number of hydrogen-bond acceptors (Lipinski definition) is 4. The second-order valence-electron chi connectivity index (χ2n) is 4.57. The van der Waals surface area contributed by atoms with Crippen LogP contribution in [0.5, 0.6) is 0 Å². The molecule has 1 heterocycles. The zero-order valence-corrected chi connectivity index (χ0v) is 12.5. The predicted molar refractivity (Wildman–Crippen MR) is 74.6 cm³/mol. The molecule has 0 saturated carbocycles. The van der Waals surface area contributed by atoms with Crippen molar-refractivity contribution in [1.82, 2.24) is 9.88 Å². The van der Waals surface area contributed by atoms with E-state index < -0.39 is 5.60 Å². The first-order chi connectivity index (χ1) is 7.80. The van der Waals surface area contributed by atoms with Crippen molar-refractivity contribution in [2.24, 2.45) is 0 Å². The largest absolute Gasteiger partial charge is 0.387 e. The van der Waals surface area contributed by atoms with E-state index >= 15 is 0 Å². The molecule has 2 N–H and O–H groups in total. The van der Waals surface area contributed by atoms with Gasteiger partial charge in [0, 0.05) is 19.3 Å². The zero-order valence-electron chi connectivity index (χ0n) is 10.2. The van der Waals surface area contributed by atoms with E-state index in [1.807, 2.05) is 19.0 Å². The molecule has 1 aromatic heterocycles. The maximum atomic E-state index is 10.1. The molecule has 0 bridgehead atoms. The van der Waals surface area contributed by atoms with Crippen molar-refractivity contribution in [1.29, 1.82) is 0 Å². The van der Waals surface area contributed by atoms with Gasteiger partial charge in [0.05, 0.1) is 15.1 Å². The Morgan fingerprint density at radius 2 is 2.24 bits per heavy atom. The van der Waals surface area contributed by atoms with Gasteiger partial charge in [0.1, 0.15) is 5.82 Å². The minimum Gasteiger partial charge on any atom is -0.387 e. The van der Waals surface area contributed by atoms with Crippen LogP contribution in [0.25, 0.3) is 0 Å². The molecular weight excluding hydrogens is 305 g/mol. The van der Waals surface area contributed by atoms with Crippen LogP contribution in [0.15, 0.2) is 16.7 Å². The lowest BCUT2D eigenvalue weighted by atomic mass is 10.1. The summed E-state index contributed by atoms with van der Waals surface area (Å²) in [5.41, 5.74) is -0.815. The van der Waals surface area contributed by atoms with E-state index in [1.165, 1.54) is 0 Å². The lowest BCUT2D eigenvalue weighted by molar-refractivity contribution is 0.0459. The van der Waals surface area contributed by atoms with Crippen LogP contribution in [0, 0.1) is 0 Å². The summed E-state index contributed by atoms with van der Waals surface area (Å²) >= 11 is 9.16. The molecule has 0 saturated heterocycles. The van der Waals surface area contributed by atoms with Crippen molar-refractivity contribution in [3.05, 3.63) is 21.8 Å². The number of anilines is 1. The van der Waals surface area contributed by atoms with Gasteiger partial charge in [-0.1, -0.05) is 11.6 Å². The van der Waals surface area contributed by atoms with E-state index in [9.17, 15) is 5.11 Å². The van der Waals surface area contributed by atoms with Crippen molar-refractivity contribution in [2.45, 2.75) is 12.5 Å². The lowest BCUT2D eigenvalue weighted by Crippen LogP contribution is -2.43. The molecule has 1 unspecified atom stereocenters. The summed E-state index contributed by atoms with van der Waals surface area (Å²) in [4.78, 5) is 6.08. The van der Waals surface area contributed by atoms with E-state index in [4.69, 9.17) is 11.6 Å². The van der Waals surface area contributed by atoms with Gasteiger partial charge in [-0.3, -0.25) is 0 Å². The number of nitrogens with one attached hydrogen (secondary N) is 1. The summed E-state index contributed by atoms with van der Waals surface area (Å²) in [5, 5.41) is 13.8. The van der Waals surface area contributed by atoms with Gasteiger partial charge in [0.25, 0.3) is 0 Å². The first-order valence-electron chi connectivity index (χ1n) is 5.22. The summed E-state index contributed by atoms with van der Waals surface area (Å²) in [6.07, 6.45) is 1.56. The summed E-state index contributed by atoms with van der Waals surface area (Å²) in [6.45, 7) is 2.77. The number of likely N-dealkylation sites (N-methyl/N-ethyl adjacent to an activating group) is 1. The second-order valence-corrected chi connectivity index (χ2v) is 5.86. The van der Waals surface area contributed by atoms with Gasteiger partial charge in [-0.2, -0.15) is 0 Å². The number of pyridine rings is 1. The van der Waals surface area contributed by atoms with Crippen molar-refractivity contribution >= 4 is 33.3 Å². The minimum absolute atomic E-state index is 0.415. The molecule has 96 valence electrons. The molecule has 0 radical (unpaired) electrons. The van der Waals surface area contributed by atoms with Gasteiger partial charge in [-0.25, -0.2) is 4.98 Å². The Labute approximate surface area is 115 Å². The van der Waals surface area contributed by atoms with Crippen LogP contribution in [0.3, 0.4) is 0 Å². The summed E-state index contributed by atoms with van der Waals surface area (Å²) in [6, 6.07) is 1.76. The monoisotopic (exact) mass is 321 g/mol. The van der Waals surface area contributed by atoms with E-state index in [1.54, 1.807) is 19.2 Å². The standard InChI is InChI=1S/C11H17BrClN3O/c1-11(17,7-16(2)3)6-15-10-9(12)4-8(13)5-14-10/h4-5,17H,6-7H2,1-3H3,(H,14,15). The van der Waals surface area contributed by atoms with Crippen molar-refractivity contribution < 1.29 is 5.11 Å². The Morgan fingerprint density at radius 3 is 2.76 bits per heavy atom. The molecule has 0 fully saturated rings. The Kier molecular flexibility index (Phi) is 5.19. The van der Waals surface area contributed by atoms with Gasteiger partial charge in [-0.05, 0) is 43.0 Å². The number of aliphatic hydroxyl groups is 1. The highest BCUT2D eigenvalue weighted by atomic mass is 79.9. The molecule has 17 heavy (non-hydrogen) atoms. The Morgan fingerprint density at radius 1 is 1.59 bits per heavy atom. The number of rotatable bonds is 5. The van der Waals surface area contributed by atoms with Gasteiger partial charge in [-0.15, -0.1) is 0 Å². The topological polar surface area (TPSA) is 48.4 Å². The normalized spacial score (nSPS) is 14.8. The highest BCUT2D eigenvalue weighted by Crippen LogP contribution is 2.23. The first kappa shape index (κ1) is 14.7. The Bertz CT molecular complexity index is 385. The molecule has 1 atom stereocenters. The number of halogens is 2. The molecule has 4 nitrogen and oxygen atoms in total. The quantitative estimate of drug-likeness (QED) is 0.873. The van der Waals surface area contributed by atoms with Crippen LogP contribution in [0.4, 0.5) is 5.82 Å². The van der Waals surface area contributed by atoms with Crippen LogP contribution >= 0.6 is 27.5 Å². The SMILES string of the molecule is CN(C)CC(C)(O)CNc1ncc(Cl)cc1Br. The van der Waals surface area contributed by atoms with Gasteiger partial charge in [0.15, 0.2) is 0 Å². The average Bonchev–Trinajstić information content (AvgIpc) is 2.14. The molecule has 0 aromatic carbocycles. The van der Waals surface area contributed by atoms with Crippen molar-refractivity contribution in [3.8, 4) is 0 Å². The summed E-state index contributed by atoms with van der Waals surface area (Å²) in [7, 11) is 3.84. The molecule has 0 spiro atoms. The third-order valence-electron chi connectivity index (χ3n) is 2.10. The maximum absolute atomic E-state index is 10.1. The number of aromatic nitrogens is 1. The van der Waals surface area contributed by atoms with Crippen LogP contribution in [-0.4, -0.2) is 47.8 Å². The summed E-state index contributed by atoms with van der Waals surface area (Å²) in [5.74, 6) is 0.674. The number of hydrogen-bond donors (Lipinski definition) is 2. The van der Waals surface area contributed by atoms with Crippen LogP contribution in [0.1, 0.15) is 6.92 Å². The molecule has 0 aliphatic rings. The van der Waals surface area contributed by atoms with Crippen LogP contribution in [0.2, 0.25) is 5.02 Å².